The van der Waals surface area contributed by atoms with Gasteiger partial charge in [0.25, 0.3) is 0 Å². The number of nitrogens with one attached hydrogen (secondary N) is 1. The van der Waals surface area contributed by atoms with E-state index in [9.17, 15) is 4.79 Å². The third-order valence-electron chi connectivity index (χ3n) is 4.51. The first-order valence-electron chi connectivity index (χ1n) is 8.70. The van der Waals surface area contributed by atoms with Gasteiger partial charge < -0.3 is 9.73 Å². The first kappa shape index (κ1) is 17.5. The Labute approximate surface area is 161 Å². The minimum Gasteiger partial charge on any atom is -0.451 e. The van der Waals surface area contributed by atoms with Crippen molar-refractivity contribution in [2.75, 3.05) is 5.32 Å². The van der Waals surface area contributed by atoms with Crippen molar-refractivity contribution in [2.24, 2.45) is 0 Å². The average Bonchev–Trinajstić information content (AvgIpc) is 3.04. The van der Waals surface area contributed by atoms with Crippen LogP contribution < -0.4 is 5.32 Å². The molecule has 0 aliphatic heterocycles. The first-order chi connectivity index (χ1) is 13.0. The van der Waals surface area contributed by atoms with E-state index in [1.54, 1.807) is 0 Å². The lowest BCUT2D eigenvalue weighted by atomic mass is 10.1. The Balaban J connectivity index is 1.61. The number of carbonyl (C=O) groups excluding carboxylic acids is 1. The zero-order chi connectivity index (χ0) is 19.0. The standard InChI is InChI=1S/C21H19N3O2S/c1-12-7-6-8-13(2)17(12)24-20(25)14(3)27-21-19-18(22-11-23-21)15-9-4-5-10-16(15)26-19/h4-11,14H,1-3H3,(H,24,25)/t14-/m0/s1. The average molecular weight is 377 g/mol. The molecule has 2 aromatic carbocycles. The summed E-state index contributed by atoms with van der Waals surface area (Å²) in [5.74, 6) is -0.0692. The molecule has 2 heterocycles. The van der Waals surface area contributed by atoms with E-state index in [1.165, 1.54) is 18.1 Å². The molecule has 0 unspecified atom stereocenters. The molecule has 5 nitrogen and oxygen atoms in total. The highest BCUT2D eigenvalue weighted by atomic mass is 32.2. The van der Waals surface area contributed by atoms with Gasteiger partial charge in [0, 0.05) is 11.1 Å². The molecule has 0 saturated heterocycles. The summed E-state index contributed by atoms with van der Waals surface area (Å²) in [6, 6.07) is 13.7. The number of carbonyl (C=O) groups is 1. The van der Waals surface area contributed by atoms with Crippen molar-refractivity contribution < 1.29 is 9.21 Å². The van der Waals surface area contributed by atoms with E-state index in [0.717, 1.165) is 33.3 Å². The fraction of sp³-hybridized carbons (Fsp3) is 0.190. The van der Waals surface area contributed by atoms with Gasteiger partial charge in [-0.25, -0.2) is 9.97 Å². The molecular weight excluding hydrogens is 358 g/mol. The van der Waals surface area contributed by atoms with Crippen LogP contribution in [0.3, 0.4) is 0 Å². The van der Waals surface area contributed by atoms with Crippen molar-refractivity contribution in [3.63, 3.8) is 0 Å². The van der Waals surface area contributed by atoms with Gasteiger partial charge in [0.15, 0.2) is 5.58 Å². The van der Waals surface area contributed by atoms with E-state index in [0.29, 0.717) is 10.6 Å². The molecule has 0 bridgehead atoms. The minimum absolute atomic E-state index is 0.0692. The largest absolute Gasteiger partial charge is 0.451 e. The maximum Gasteiger partial charge on any atom is 0.237 e. The van der Waals surface area contributed by atoms with Gasteiger partial charge in [0.1, 0.15) is 22.5 Å². The molecule has 27 heavy (non-hydrogen) atoms. The van der Waals surface area contributed by atoms with E-state index in [2.05, 4.69) is 15.3 Å². The van der Waals surface area contributed by atoms with E-state index < -0.39 is 0 Å². The molecule has 4 rings (SSSR count). The summed E-state index contributed by atoms with van der Waals surface area (Å²) in [7, 11) is 0. The lowest BCUT2D eigenvalue weighted by Crippen LogP contribution is -2.23. The van der Waals surface area contributed by atoms with Crippen LogP contribution in [0.1, 0.15) is 18.1 Å². The number of anilines is 1. The molecule has 0 radical (unpaired) electrons. The number of hydrogen-bond acceptors (Lipinski definition) is 5. The Morgan fingerprint density at radius 2 is 1.81 bits per heavy atom. The topological polar surface area (TPSA) is 68.0 Å². The van der Waals surface area contributed by atoms with Gasteiger partial charge in [-0.15, -0.1) is 0 Å². The monoisotopic (exact) mass is 377 g/mol. The summed E-state index contributed by atoms with van der Waals surface area (Å²) in [5.41, 5.74) is 5.11. The molecule has 2 aromatic heterocycles. The number of para-hydroxylation sites is 2. The molecule has 1 atom stereocenters. The second kappa shape index (κ2) is 7.04. The SMILES string of the molecule is Cc1cccc(C)c1NC(=O)[C@H](C)Sc1ncnc2c1oc1ccccc12. The fourth-order valence-electron chi connectivity index (χ4n) is 3.04. The third kappa shape index (κ3) is 3.28. The molecule has 4 aromatic rings. The van der Waals surface area contributed by atoms with Crippen LogP contribution in [0.4, 0.5) is 5.69 Å². The van der Waals surface area contributed by atoms with Gasteiger partial charge in [0.05, 0.1) is 5.25 Å². The molecule has 6 heteroatoms. The van der Waals surface area contributed by atoms with Crippen LogP contribution in [0.5, 0.6) is 0 Å². The Morgan fingerprint density at radius 3 is 2.59 bits per heavy atom. The quantitative estimate of drug-likeness (QED) is 0.395. The zero-order valence-electron chi connectivity index (χ0n) is 15.3. The van der Waals surface area contributed by atoms with E-state index in [4.69, 9.17) is 4.42 Å². The van der Waals surface area contributed by atoms with Crippen LogP contribution in [0.2, 0.25) is 0 Å². The number of rotatable bonds is 4. The van der Waals surface area contributed by atoms with Gasteiger partial charge >= 0.3 is 0 Å². The number of fused-ring (bicyclic) bond motifs is 3. The number of amides is 1. The number of aryl methyl sites for hydroxylation is 2. The lowest BCUT2D eigenvalue weighted by molar-refractivity contribution is -0.115. The van der Waals surface area contributed by atoms with E-state index in [1.807, 2.05) is 63.2 Å². The van der Waals surface area contributed by atoms with Crippen molar-refractivity contribution in [3.8, 4) is 0 Å². The summed E-state index contributed by atoms with van der Waals surface area (Å²) < 4.78 is 5.94. The maximum atomic E-state index is 12.7. The molecule has 0 aliphatic rings. The van der Waals surface area contributed by atoms with Gasteiger partial charge in [0.2, 0.25) is 5.91 Å². The van der Waals surface area contributed by atoms with Gasteiger partial charge in [-0.3, -0.25) is 4.79 Å². The Bertz CT molecular complexity index is 1130. The summed E-state index contributed by atoms with van der Waals surface area (Å²) >= 11 is 1.37. The summed E-state index contributed by atoms with van der Waals surface area (Å²) in [5, 5.41) is 4.32. The molecule has 0 aliphatic carbocycles. The number of benzene rings is 2. The second-order valence-electron chi connectivity index (χ2n) is 6.47. The van der Waals surface area contributed by atoms with Crippen molar-refractivity contribution in [3.05, 3.63) is 59.9 Å². The molecular formula is C21H19N3O2S. The number of thioether (sulfide) groups is 1. The van der Waals surface area contributed by atoms with Crippen LogP contribution in [-0.2, 0) is 4.79 Å². The van der Waals surface area contributed by atoms with Crippen LogP contribution in [0.15, 0.2) is 58.2 Å². The van der Waals surface area contributed by atoms with Gasteiger partial charge in [-0.1, -0.05) is 42.1 Å². The van der Waals surface area contributed by atoms with Crippen LogP contribution >= 0.6 is 11.8 Å². The first-order valence-corrected chi connectivity index (χ1v) is 9.58. The number of aromatic nitrogens is 2. The molecule has 0 saturated carbocycles. The van der Waals surface area contributed by atoms with E-state index in [-0.39, 0.29) is 11.2 Å². The second-order valence-corrected chi connectivity index (χ2v) is 7.80. The van der Waals surface area contributed by atoms with E-state index >= 15 is 0 Å². The molecule has 0 fully saturated rings. The zero-order valence-corrected chi connectivity index (χ0v) is 16.1. The van der Waals surface area contributed by atoms with Crippen LogP contribution in [0, 0.1) is 13.8 Å². The highest BCUT2D eigenvalue weighted by molar-refractivity contribution is 8.00. The summed E-state index contributed by atoms with van der Waals surface area (Å²) in [4.78, 5) is 21.4. The number of nitrogens with zero attached hydrogens (tertiary/aromatic N) is 2. The minimum atomic E-state index is -0.338. The molecule has 136 valence electrons. The smallest absolute Gasteiger partial charge is 0.237 e. The van der Waals surface area contributed by atoms with Gasteiger partial charge in [-0.05, 0) is 44.0 Å². The Kier molecular flexibility index (Phi) is 4.58. The normalized spacial score (nSPS) is 12.4. The summed E-state index contributed by atoms with van der Waals surface area (Å²) in [6.45, 7) is 5.84. The van der Waals surface area contributed by atoms with Crippen molar-refractivity contribution in [1.29, 1.82) is 0 Å². The maximum absolute atomic E-state index is 12.7. The number of hydrogen-bond donors (Lipinski definition) is 1. The van der Waals surface area contributed by atoms with Crippen molar-refractivity contribution >= 4 is 45.4 Å². The third-order valence-corrected chi connectivity index (χ3v) is 5.59. The Hall–Kier alpha value is -2.86. The van der Waals surface area contributed by atoms with Crippen molar-refractivity contribution in [2.45, 2.75) is 31.0 Å². The van der Waals surface area contributed by atoms with Crippen LogP contribution in [-0.4, -0.2) is 21.1 Å². The molecule has 1 amide bonds. The van der Waals surface area contributed by atoms with Crippen molar-refractivity contribution in [1.82, 2.24) is 9.97 Å². The van der Waals surface area contributed by atoms with Gasteiger partial charge in [-0.2, -0.15) is 0 Å². The predicted octanol–water partition coefficient (Wildman–Crippen LogP) is 5.11. The van der Waals surface area contributed by atoms with Crippen LogP contribution in [0.25, 0.3) is 22.1 Å². The number of furan rings is 1. The fourth-order valence-corrected chi connectivity index (χ4v) is 3.90. The molecule has 0 spiro atoms. The highest BCUT2D eigenvalue weighted by Crippen LogP contribution is 2.34. The lowest BCUT2D eigenvalue weighted by Gasteiger charge is -2.15. The summed E-state index contributed by atoms with van der Waals surface area (Å²) in [6.07, 6.45) is 1.52. The highest BCUT2D eigenvalue weighted by Gasteiger charge is 2.20. The Morgan fingerprint density at radius 1 is 1.07 bits per heavy atom. The predicted molar refractivity (Wildman–Crippen MR) is 109 cm³/mol. The molecule has 1 N–H and O–H groups in total.